The Morgan fingerprint density at radius 2 is 1.50 bits per heavy atom. The maximum Gasteiger partial charge on any atom is 0.0812 e. The van der Waals surface area contributed by atoms with Crippen LogP contribution in [0.5, 0.6) is 0 Å². The number of nitrogens with zero attached hydrogens (tertiary/aromatic N) is 3. The van der Waals surface area contributed by atoms with E-state index in [1.807, 2.05) is 36.4 Å². The van der Waals surface area contributed by atoms with Crippen LogP contribution in [0, 0.1) is 0 Å². The maximum atomic E-state index is 4.49. The van der Waals surface area contributed by atoms with E-state index in [0.29, 0.717) is 6.04 Å². The van der Waals surface area contributed by atoms with Gasteiger partial charge in [0.1, 0.15) is 0 Å². The second kappa shape index (κ2) is 7.55. The van der Waals surface area contributed by atoms with Crippen molar-refractivity contribution in [2.75, 3.05) is 4.90 Å². The molecular weight excluding hydrogens is 294 g/mol. The van der Waals surface area contributed by atoms with Crippen LogP contribution in [-0.2, 0) is 0 Å². The molecule has 0 radical (unpaired) electrons. The zero-order chi connectivity index (χ0) is 16.8. The van der Waals surface area contributed by atoms with Crippen LogP contribution >= 0.6 is 0 Å². The van der Waals surface area contributed by atoms with Gasteiger partial charge in [-0.1, -0.05) is 24.3 Å². The lowest BCUT2D eigenvalue weighted by Gasteiger charge is -2.29. The zero-order valence-electron chi connectivity index (χ0n) is 14.0. The number of hydrogen-bond acceptors (Lipinski definition) is 3. The summed E-state index contributed by atoms with van der Waals surface area (Å²) >= 11 is 0. The van der Waals surface area contributed by atoms with Gasteiger partial charge < -0.3 is 4.90 Å². The number of rotatable bonds is 5. The number of para-hydroxylation sites is 1. The van der Waals surface area contributed by atoms with Crippen molar-refractivity contribution in [2.45, 2.75) is 19.9 Å². The summed E-state index contributed by atoms with van der Waals surface area (Å²) in [7, 11) is 0. The van der Waals surface area contributed by atoms with Crippen molar-refractivity contribution in [1.82, 2.24) is 4.98 Å². The molecule has 1 aromatic heterocycles. The number of benzene rings is 2. The Labute approximate surface area is 143 Å². The fourth-order valence-corrected chi connectivity index (χ4v) is 2.63. The topological polar surface area (TPSA) is 28.5 Å². The summed E-state index contributed by atoms with van der Waals surface area (Å²) in [5.41, 5.74) is 4.13. The summed E-state index contributed by atoms with van der Waals surface area (Å²) in [6.45, 7) is 4.39. The maximum absolute atomic E-state index is 4.49. The van der Waals surface area contributed by atoms with E-state index in [2.05, 4.69) is 65.1 Å². The van der Waals surface area contributed by atoms with Gasteiger partial charge in [-0.25, -0.2) is 0 Å². The number of pyridine rings is 1. The molecule has 3 aromatic rings. The molecule has 3 heteroatoms. The van der Waals surface area contributed by atoms with Crippen molar-refractivity contribution in [3.05, 3.63) is 84.7 Å². The van der Waals surface area contributed by atoms with Crippen molar-refractivity contribution in [3.8, 4) is 0 Å². The standard InChI is InChI=1S/C21H21N3/c1-17(2)24(20-9-4-3-5-10-20)21-13-11-18(12-14-21)23-16-19-8-6-7-15-22-19/h3-17H,1-2H3. The van der Waals surface area contributed by atoms with Crippen LogP contribution in [0.4, 0.5) is 17.1 Å². The zero-order valence-corrected chi connectivity index (χ0v) is 14.0. The molecule has 0 bridgehead atoms. The molecular formula is C21H21N3. The lowest BCUT2D eigenvalue weighted by atomic mass is 10.2. The minimum Gasteiger partial charge on any atom is -0.339 e. The van der Waals surface area contributed by atoms with E-state index < -0.39 is 0 Å². The largest absolute Gasteiger partial charge is 0.339 e. The van der Waals surface area contributed by atoms with Crippen molar-refractivity contribution >= 4 is 23.3 Å². The van der Waals surface area contributed by atoms with Crippen LogP contribution in [0.1, 0.15) is 19.5 Å². The van der Waals surface area contributed by atoms with Crippen LogP contribution in [0.2, 0.25) is 0 Å². The van der Waals surface area contributed by atoms with Gasteiger partial charge in [0, 0.05) is 23.6 Å². The van der Waals surface area contributed by atoms with Crippen molar-refractivity contribution in [1.29, 1.82) is 0 Å². The molecule has 0 spiro atoms. The van der Waals surface area contributed by atoms with Gasteiger partial charge in [0.25, 0.3) is 0 Å². The van der Waals surface area contributed by atoms with E-state index in [4.69, 9.17) is 0 Å². The molecule has 120 valence electrons. The highest BCUT2D eigenvalue weighted by atomic mass is 15.2. The van der Waals surface area contributed by atoms with E-state index in [1.165, 1.54) is 5.69 Å². The molecule has 0 aliphatic heterocycles. The minimum absolute atomic E-state index is 0.371. The molecule has 0 atom stereocenters. The van der Waals surface area contributed by atoms with Crippen LogP contribution in [-0.4, -0.2) is 17.2 Å². The Balaban J connectivity index is 1.81. The van der Waals surface area contributed by atoms with Crippen molar-refractivity contribution in [3.63, 3.8) is 0 Å². The highest BCUT2D eigenvalue weighted by Crippen LogP contribution is 2.29. The average molecular weight is 315 g/mol. The highest BCUT2D eigenvalue weighted by Gasteiger charge is 2.12. The Hall–Kier alpha value is -2.94. The second-order valence-electron chi connectivity index (χ2n) is 5.83. The fraction of sp³-hybridized carbons (Fsp3) is 0.143. The molecule has 2 aromatic carbocycles. The smallest absolute Gasteiger partial charge is 0.0812 e. The van der Waals surface area contributed by atoms with Crippen LogP contribution in [0.3, 0.4) is 0 Å². The van der Waals surface area contributed by atoms with Crippen molar-refractivity contribution in [2.24, 2.45) is 4.99 Å². The van der Waals surface area contributed by atoms with Crippen molar-refractivity contribution < 1.29 is 0 Å². The lowest BCUT2D eigenvalue weighted by Crippen LogP contribution is -2.25. The first kappa shape index (κ1) is 15.9. The molecule has 3 nitrogen and oxygen atoms in total. The molecule has 0 saturated heterocycles. The first-order valence-electron chi connectivity index (χ1n) is 8.13. The van der Waals surface area contributed by atoms with Gasteiger partial charge in [-0.15, -0.1) is 0 Å². The summed E-state index contributed by atoms with van der Waals surface area (Å²) < 4.78 is 0. The Morgan fingerprint density at radius 1 is 0.833 bits per heavy atom. The summed E-state index contributed by atoms with van der Waals surface area (Å²) in [6.07, 6.45) is 3.55. The lowest BCUT2D eigenvalue weighted by molar-refractivity contribution is 0.789. The van der Waals surface area contributed by atoms with Crippen LogP contribution < -0.4 is 4.90 Å². The molecule has 0 unspecified atom stereocenters. The van der Waals surface area contributed by atoms with Gasteiger partial charge in [0.2, 0.25) is 0 Å². The number of hydrogen-bond donors (Lipinski definition) is 0. The molecule has 1 heterocycles. The molecule has 0 aliphatic carbocycles. The highest BCUT2D eigenvalue weighted by molar-refractivity contribution is 5.79. The third kappa shape index (κ3) is 3.87. The predicted octanol–water partition coefficient (Wildman–Crippen LogP) is 5.38. The van der Waals surface area contributed by atoms with Crippen LogP contribution in [0.25, 0.3) is 0 Å². The number of aromatic nitrogens is 1. The first-order chi connectivity index (χ1) is 11.7. The molecule has 0 aliphatic rings. The van der Waals surface area contributed by atoms with Gasteiger partial charge in [-0.2, -0.15) is 0 Å². The number of anilines is 2. The summed E-state index contributed by atoms with van der Waals surface area (Å²) in [5, 5.41) is 0. The van der Waals surface area contributed by atoms with E-state index in [9.17, 15) is 0 Å². The number of aliphatic imine (C=N–C) groups is 1. The van der Waals surface area contributed by atoms with E-state index in [0.717, 1.165) is 17.1 Å². The molecule has 0 fully saturated rings. The minimum atomic E-state index is 0.371. The third-order valence-electron chi connectivity index (χ3n) is 3.71. The summed E-state index contributed by atoms with van der Waals surface area (Å²) in [4.78, 5) is 11.0. The van der Waals surface area contributed by atoms with Crippen LogP contribution in [0.15, 0.2) is 84.0 Å². The predicted molar refractivity (Wildman–Crippen MR) is 102 cm³/mol. The Morgan fingerprint density at radius 3 is 2.12 bits per heavy atom. The average Bonchev–Trinajstić information content (AvgIpc) is 2.63. The monoisotopic (exact) mass is 315 g/mol. The van der Waals surface area contributed by atoms with Gasteiger partial charge in [-0.05, 0) is 62.4 Å². The Bertz CT molecular complexity index is 778. The van der Waals surface area contributed by atoms with E-state index in [-0.39, 0.29) is 0 Å². The summed E-state index contributed by atoms with van der Waals surface area (Å²) in [6, 6.07) is 24.9. The van der Waals surface area contributed by atoms with Gasteiger partial charge in [0.15, 0.2) is 0 Å². The third-order valence-corrected chi connectivity index (χ3v) is 3.71. The van der Waals surface area contributed by atoms with Gasteiger partial charge in [0.05, 0.1) is 17.6 Å². The molecule has 24 heavy (non-hydrogen) atoms. The Kier molecular flexibility index (Phi) is 5.02. The molecule has 3 rings (SSSR count). The molecule has 0 N–H and O–H groups in total. The quantitative estimate of drug-likeness (QED) is 0.591. The van der Waals surface area contributed by atoms with Gasteiger partial charge >= 0.3 is 0 Å². The van der Waals surface area contributed by atoms with Gasteiger partial charge in [-0.3, -0.25) is 9.98 Å². The SMILES string of the molecule is CC(C)N(c1ccccc1)c1ccc(N=Cc2ccccn2)cc1. The molecule has 0 amide bonds. The first-order valence-corrected chi connectivity index (χ1v) is 8.13. The summed E-state index contributed by atoms with van der Waals surface area (Å²) in [5.74, 6) is 0. The molecule has 0 saturated carbocycles. The fourth-order valence-electron chi connectivity index (χ4n) is 2.63. The second-order valence-corrected chi connectivity index (χ2v) is 5.83. The van der Waals surface area contributed by atoms with E-state index in [1.54, 1.807) is 12.4 Å². The normalized spacial score (nSPS) is 11.1. The van der Waals surface area contributed by atoms with E-state index >= 15 is 0 Å².